The Kier molecular flexibility index (Phi) is 8.99. The number of carbonyl (C=O) groups is 3. The molecule has 33 heavy (non-hydrogen) atoms. The molecule has 0 saturated carbocycles. The predicted molar refractivity (Wildman–Crippen MR) is 123 cm³/mol. The summed E-state index contributed by atoms with van der Waals surface area (Å²) < 4.78 is 10.5. The summed E-state index contributed by atoms with van der Waals surface area (Å²) in [6.45, 7) is 6.08. The smallest absolute Gasteiger partial charge is 0.407 e. The van der Waals surface area contributed by atoms with Gasteiger partial charge in [-0.1, -0.05) is 60.7 Å². The summed E-state index contributed by atoms with van der Waals surface area (Å²) in [7, 11) is 0. The van der Waals surface area contributed by atoms with Crippen LogP contribution in [-0.4, -0.2) is 46.9 Å². The van der Waals surface area contributed by atoms with Gasteiger partial charge < -0.3 is 25.2 Å². The molecule has 3 N–H and O–H groups in total. The molecule has 0 aliphatic heterocycles. The second kappa shape index (κ2) is 11.5. The summed E-state index contributed by atoms with van der Waals surface area (Å²) in [4.78, 5) is 37.4. The second-order valence-corrected chi connectivity index (χ2v) is 8.94. The van der Waals surface area contributed by atoms with E-state index in [1.807, 2.05) is 48.5 Å². The Morgan fingerprint density at radius 1 is 0.909 bits per heavy atom. The number of carbonyl (C=O) groups excluding carboxylic acids is 3. The van der Waals surface area contributed by atoms with Crippen molar-refractivity contribution in [2.75, 3.05) is 6.54 Å². The lowest BCUT2D eigenvalue weighted by molar-refractivity contribution is -0.160. The van der Waals surface area contributed by atoms with Crippen LogP contribution in [0.2, 0.25) is 0 Å². The summed E-state index contributed by atoms with van der Waals surface area (Å²) in [5.74, 6) is -1.44. The zero-order valence-electron chi connectivity index (χ0n) is 19.5. The Labute approximate surface area is 194 Å². The average Bonchev–Trinajstić information content (AvgIpc) is 2.76. The van der Waals surface area contributed by atoms with E-state index in [1.54, 1.807) is 32.9 Å². The van der Waals surface area contributed by atoms with Gasteiger partial charge >= 0.3 is 12.1 Å². The molecule has 8 nitrogen and oxygen atoms in total. The largest absolute Gasteiger partial charge is 0.458 e. The molecule has 0 aromatic heterocycles. The highest BCUT2D eigenvalue weighted by molar-refractivity contribution is 5.90. The van der Waals surface area contributed by atoms with Gasteiger partial charge in [0.15, 0.2) is 5.60 Å². The molecule has 2 aromatic rings. The first-order valence-electron chi connectivity index (χ1n) is 10.7. The van der Waals surface area contributed by atoms with E-state index in [-0.39, 0.29) is 13.0 Å². The van der Waals surface area contributed by atoms with Gasteiger partial charge in [0.1, 0.15) is 18.2 Å². The fraction of sp³-hybridized carbons (Fsp3) is 0.400. The summed E-state index contributed by atoms with van der Waals surface area (Å²) >= 11 is 0. The van der Waals surface area contributed by atoms with Crippen LogP contribution >= 0.6 is 0 Å². The van der Waals surface area contributed by atoms with Crippen LogP contribution in [-0.2, 0) is 32.1 Å². The van der Waals surface area contributed by atoms with Crippen LogP contribution in [0.3, 0.4) is 0 Å². The molecule has 0 bridgehead atoms. The SMILES string of the molecule is CC(C)(C)OC(=O)[C@H](Cc1ccccc1)NC(=O)[C@@](C)(O)CNC(=O)OCc1ccccc1. The fourth-order valence-corrected chi connectivity index (χ4v) is 2.83. The maximum atomic E-state index is 12.8. The number of alkyl carbamates (subject to hydrolysis) is 1. The first-order chi connectivity index (χ1) is 15.5. The molecule has 2 atom stereocenters. The van der Waals surface area contributed by atoms with Crippen LogP contribution in [0.1, 0.15) is 38.8 Å². The third kappa shape index (κ3) is 9.33. The van der Waals surface area contributed by atoms with Gasteiger partial charge in [-0.3, -0.25) is 4.79 Å². The standard InChI is InChI=1S/C25H32N2O6/c1-24(2,3)33-21(28)20(15-18-11-7-5-8-12-18)27-22(29)25(4,31)17-26-23(30)32-16-19-13-9-6-10-14-19/h5-14,20,31H,15-17H2,1-4H3,(H,26,30)(H,27,29)/t20-,25-/m0/s1. The first-order valence-corrected chi connectivity index (χ1v) is 10.7. The van der Waals surface area contributed by atoms with Gasteiger partial charge in [0.2, 0.25) is 0 Å². The number of hydrogen-bond donors (Lipinski definition) is 3. The Morgan fingerprint density at radius 3 is 2.00 bits per heavy atom. The number of benzene rings is 2. The minimum atomic E-state index is -1.98. The zero-order chi connectivity index (χ0) is 24.5. The molecular weight excluding hydrogens is 424 g/mol. The number of rotatable bonds is 9. The Bertz CT molecular complexity index is 923. The fourth-order valence-electron chi connectivity index (χ4n) is 2.83. The van der Waals surface area contributed by atoms with Crippen molar-refractivity contribution in [3.63, 3.8) is 0 Å². The lowest BCUT2D eigenvalue weighted by atomic mass is 10.0. The highest BCUT2D eigenvalue weighted by Gasteiger charge is 2.35. The van der Waals surface area contributed by atoms with Gasteiger partial charge in [-0.15, -0.1) is 0 Å². The monoisotopic (exact) mass is 456 g/mol. The summed E-state index contributed by atoms with van der Waals surface area (Å²) in [6.07, 6.45) is -0.593. The summed E-state index contributed by atoms with van der Waals surface area (Å²) in [6, 6.07) is 17.2. The molecule has 8 heteroatoms. The Balaban J connectivity index is 1.96. The van der Waals surface area contributed by atoms with E-state index >= 15 is 0 Å². The van der Waals surface area contributed by atoms with Gasteiger partial charge in [0.05, 0.1) is 6.54 Å². The third-order valence-corrected chi connectivity index (χ3v) is 4.56. The van der Waals surface area contributed by atoms with Crippen molar-refractivity contribution in [3.8, 4) is 0 Å². The van der Waals surface area contributed by atoms with Gasteiger partial charge in [-0.05, 0) is 38.8 Å². The minimum Gasteiger partial charge on any atom is -0.458 e. The molecule has 2 amide bonds. The third-order valence-electron chi connectivity index (χ3n) is 4.56. The topological polar surface area (TPSA) is 114 Å². The zero-order valence-corrected chi connectivity index (χ0v) is 19.5. The predicted octanol–water partition coefficient (Wildman–Crippen LogP) is 2.73. The molecule has 178 valence electrons. The maximum absolute atomic E-state index is 12.8. The number of amides is 2. The van der Waals surface area contributed by atoms with Crippen molar-refractivity contribution in [2.24, 2.45) is 0 Å². The molecule has 0 aliphatic rings. The van der Waals surface area contributed by atoms with Crippen LogP contribution in [0.5, 0.6) is 0 Å². The first kappa shape index (κ1) is 25.9. The quantitative estimate of drug-likeness (QED) is 0.500. The van der Waals surface area contributed by atoms with Gasteiger partial charge in [-0.25, -0.2) is 9.59 Å². The van der Waals surface area contributed by atoms with E-state index in [0.29, 0.717) is 0 Å². The van der Waals surface area contributed by atoms with Crippen molar-refractivity contribution >= 4 is 18.0 Å². The molecule has 0 radical (unpaired) electrons. The van der Waals surface area contributed by atoms with Crippen molar-refractivity contribution in [3.05, 3.63) is 71.8 Å². The molecule has 0 aliphatic carbocycles. The summed E-state index contributed by atoms with van der Waals surface area (Å²) in [5, 5.41) is 15.5. The average molecular weight is 457 g/mol. The number of aliphatic hydroxyl groups is 1. The number of ether oxygens (including phenoxy) is 2. The van der Waals surface area contributed by atoms with E-state index in [4.69, 9.17) is 9.47 Å². The van der Waals surface area contributed by atoms with Crippen LogP contribution in [0, 0.1) is 0 Å². The van der Waals surface area contributed by atoms with Crippen molar-refractivity contribution in [1.82, 2.24) is 10.6 Å². The molecule has 0 heterocycles. The maximum Gasteiger partial charge on any atom is 0.407 e. The van der Waals surface area contributed by atoms with Gasteiger partial charge in [-0.2, -0.15) is 0 Å². The molecule has 2 rings (SSSR count). The second-order valence-electron chi connectivity index (χ2n) is 8.94. The molecule has 0 fully saturated rings. The number of nitrogens with one attached hydrogen (secondary N) is 2. The van der Waals surface area contributed by atoms with Crippen LogP contribution in [0.15, 0.2) is 60.7 Å². The van der Waals surface area contributed by atoms with E-state index in [1.165, 1.54) is 6.92 Å². The lowest BCUT2D eigenvalue weighted by Gasteiger charge is -2.28. The highest BCUT2D eigenvalue weighted by atomic mass is 16.6. The molecule has 0 saturated heterocycles. The molecule has 0 unspecified atom stereocenters. The Hall–Kier alpha value is -3.39. The van der Waals surface area contributed by atoms with Crippen LogP contribution in [0.4, 0.5) is 4.79 Å². The van der Waals surface area contributed by atoms with E-state index in [0.717, 1.165) is 11.1 Å². The Morgan fingerprint density at radius 2 is 1.45 bits per heavy atom. The lowest BCUT2D eigenvalue weighted by Crippen LogP contribution is -2.56. The van der Waals surface area contributed by atoms with E-state index < -0.39 is 41.8 Å². The highest BCUT2D eigenvalue weighted by Crippen LogP contribution is 2.13. The van der Waals surface area contributed by atoms with E-state index in [9.17, 15) is 19.5 Å². The van der Waals surface area contributed by atoms with Crippen molar-refractivity contribution < 1.29 is 29.0 Å². The van der Waals surface area contributed by atoms with Crippen molar-refractivity contribution in [1.29, 1.82) is 0 Å². The van der Waals surface area contributed by atoms with Crippen LogP contribution < -0.4 is 10.6 Å². The van der Waals surface area contributed by atoms with E-state index in [2.05, 4.69) is 10.6 Å². The van der Waals surface area contributed by atoms with Gasteiger partial charge in [0.25, 0.3) is 5.91 Å². The number of hydrogen-bond acceptors (Lipinski definition) is 6. The molecule has 0 spiro atoms. The number of esters is 1. The van der Waals surface area contributed by atoms with Crippen molar-refractivity contribution in [2.45, 2.75) is 58.0 Å². The van der Waals surface area contributed by atoms with Crippen LogP contribution in [0.25, 0.3) is 0 Å². The molecule has 2 aromatic carbocycles. The normalized spacial score (nSPS) is 13.8. The van der Waals surface area contributed by atoms with Gasteiger partial charge in [0, 0.05) is 6.42 Å². The minimum absolute atomic E-state index is 0.0544. The summed E-state index contributed by atoms with van der Waals surface area (Å²) in [5.41, 5.74) is -1.11. The molecular formula is C25H32N2O6.